The Kier molecular flexibility index (Phi) is 5.61. The van der Waals surface area contributed by atoms with Crippen molar-refractivity contribution in [3.8, 4) is 5.69 Å². The van der Waals surface area contributed by atoms with E-state index in [-0.39, 0.29) is 27.4 Å². The average Bonchev–Trinajstić information content (AvgIpc) is 2.76. The monoisotopic (exact) mass is 448 g/mol. The standard InChI is InChI=1S/C23H17ClN4O4/c1-13(29)25-19-10-8-15(12-18(19)24)26-21(30)14-7-9-17-20(11-14)27-23(32)28(22(17)31)16-5-3-2-4-6-16/h2-12H,1H3,(H,25,29)(H,26,30)(H,27,32). The molecule has 0 saturated heterocycles. The van der Waals surface area contributed by atoms with Crippen LogP contribution in [0.1, 0.15) is 17.3 Å². The molecular formula is C23H17ClN4O4. The van der Waals surface area contributed by atoms with E-state index in [0.29, 0.717) is 17.1 Å². The lowest BCUT2D eigenvalue weighted by atomic mass is 10.1. The molecule has 9 heteroatoms. The maximum absolute atomic E-state index is 12.9. The number of fused-ring (bicyclic) bond motifs is 1. The van der Waals surface area contributed by atoms with Crippen LogP contribution in [0.4, 0.5) is 11.4 Å². The Hall–Kier alpha value is -4.17. The fraction of sp³-hybridized carbons (Fsp3) is 0.0435. The number of benzene rings is 3. The smallest absolute Gasteiger partial charge is 0.325 e. The van der Waals surface area contributed by atoms with Gasteiger partial charge in [-0.1, -0.05) is 29.8 Å². The summed E-state index contributed by atoms with van der Waals surface area (Å²) in [6.45, 7) is 1.37. The van der Waals surface area contributed by atoms with E-state index in [9.17, 15) is 19.2 Å². The minimum atomic E-state index is -0.605. The highest BCUT2D eigenvalue weighted by molar-refractivity contribution is 6.34. The number of halogens is 1. The number of nitrogens with one attached hydrogen (secondary N) is 3. The van der Waals surface area contributed by atoms with Crippen molar-refractivity contribution in [1.82, 2.24) is 9.55 Å². The van der Waals surface area contributed by atoms with Crippen molar-refractivity contribution in [1.29, 1.82) is 0 Å². The molecule has 3 aromatic carbocycles. The van der Waals surface area contributed by atoms with Crippen LogP contribution in [-0.2, 0) is 4.79 Å². The predicted octanol–water partition coefficient (Wildman–Crippen LogP) is 3.54. The van der Waals surface area contributed by atoms with Crippen LogP contribution in [0.2, 0.25) is 5.02 Å². The Morgan fingerprint density at radius 3 is 2.38 bits per heavy atom. The van der Waals surface area contributed by atoms with Crippen molar-refractivity contribution in [3.05, 3.63) is 98.2 Å². The molecule has 0 aliphatic carbocycles. The first kappa shape index (κ1) is 21.1. The minimum absolute atomic E-state index is 0.243. The zero-order chi connectivity index (χ0) is 22.8. The van der Waals surface area contributed by atoms with E-state index in [1.54, 1.807) is 42.5 Å². The third kappa shape index (κ3) is 4.17. The molecule has 4 aromatic rings. The van der Waals surface area contributed by atoms with Crippen LogP contribution in [0.3, 0.4) is 0 Å². The molecule has 0 bridgehead atoms. The Morgan fingerprint density at radius 1 is 0.938 bits per heavy atom. The highest BCUT2D eigenvalue weighted by Crippen LogP contribution is 2.26. The number of hydrogen-bond donors (Lipinski definition) is 3. The molecule has 4 rings (SSSR count). The molecule has 32 heavy (non-hydrogen) atoms. The normalized spacial score (nSPS) is 10.7. The topological polar surface area (TPSA) is 113 Å². The van der Waals surface area contributed by atoms with Crippen molar-refractivity contribution in [3.63, 3.8) is 0 Å². The summed E-state index contributed by atoms with van der Waals surface area (Å²) in [5.41, 5.74) is 0.694. The molecule has 0 atom stereocenters. The number of para-hydroxylation sites is 1. The van der Waals surface area contributed by atoms with Gasteiger partial charge in [0.05, 0.1) is 27.3 Å². The van der Waals surface area contributed by atoms with Gasteiger partial charge in [0, 0.05) is 18.2 Å². The minimum Gasteiger partial charge on any atom is -0.325 e. The van der Waals surface area contributed by atoms with Gasteiger partial charge in [-0.05, 0) is 48.5 Å². The molecule has 8 nitrogen and oxygen atoms in total. The Morgan fingerprint density at radius 2 is 1.69 bits per heavy atom. The number of carbonyl (C=O) groups excluding carboxylic acids is 2. The molecule has 2 amide bonds. The van der Waals surface area contributed by atoms with Gasteiger partial charge in [-0.25, -0.2) is 9.36 Å². The Labute approximate surface area is 186 Å². The number of aromatic nitrogens is 2. The fourth-order valence-corrected chi connectivity index (χ4v) is 3.49. The maximum Gasteiger partial charge on any atom is 0.333 e. The first-order valence-corrected chi connectivity index (χ1v) is 9.94. The molecule has 160 valence electrons. The van der Waals surface area contributed by atoms with Gasteiger partial charge >= 0.3 is 5.69 Å². The van der Waals surface area contributed by atoms with Gasteiger partial charge in [-0.2, -0.15) is 0 Å². The molecule has 0 saturated carbocycles. The number of amides is 2. The first-order valence-electron chi connectivity index (χ1n) is 9.56. The van der Waals surface area contributed by atoms with Crippen molar-refractivity contribution >= 4 is 45.7 Å². The van der Waals surface area contributed by atoms with Gasteiger partial charge in [0.15, 0.2) is 0 Å². The number of carbonyl (C=O) groups is 2. The molecule has 0 radical (unpaired) electrons. The number of aromatic amines is 1. The summed E-state index contributed by atoms with van der Waals surface area (Å²) < 4.78 is 1.04. The molecule has 1 aromatic heterocycles. The van der Waals surface area contributed by atoms with Crippen molar-refractivity contribution in [2.24, 2.45) is 0 Å². The molecule has 1 heterocycles. The highest BCUT2D eigenvalue weighted by Gasteiger charge is 2.13. The number of rotatable bonds is 4. The molecule has 0 aliphatic heterocycles. The van der Waals surface area contributed by atoms with Gasteiger partial charge in [0.1, 0.15) is 0 Å². The second-order valence-corrected chi connectivity index (χ2v) is 7.40. The molecule has 0 fully saturated rings. The van der Waals surface area contributed by atoms with Crippen LogP contribution in [0.25, 0.3) is 16.6 Å². The fourth-order valence-electron chi connectivity index (χ4n) is 3.26. The SMILES string of the molecule is CC(=O)Nc1ccc(NC(=O)c2ccc3c(=O)n(-c4ccccc4)c(=O)[nH]c3c2)cc1Cl. The maximum atomic E-state index is 12.9. The molecule has 0 spiro atoms. The van der Waals surface area contributed by atoms with Crippen LogP contribution in [0.5, 0.6) is 0 Å². The van der Waals surface area contributed by atoms with Gasteiger partial charge in [-0.15, -0.1) is 0 Å². The van der Waals surface area contributed by atoms with E-state index >= 15 is 0 Å². The van der Waals surface area contributed by atoms with Gasteiger partial charge in [0.25, 0.3) is 11.5 Å². The lowest BCUT2D eigenvalue weighted by molar-refractivity contribution is -0.114. The Balaban J connectivity index is 1.65. The van der Waals surface area contributed by atoms with Crippen LogP contribution >= 0.6 is 11.6 Å². The second-order valence-electron chi connectivity index (χ2n) is 7.00. The summed E-state index contributed by atoms with van der Waals surface area (Å²) in [5.74, 6) is -0.719. The quantitative estimate of drug-likeness (QED) is 0.443. The van der Waals surface area contributed by atoms with E-state index in [1.807, 2.05) is 0 Å². The number of H-pyrrole nitrogens is 1. The van der Waals surface area contributed by atoms with Gasteiger partial charge in [-0.3, -0.25) is 14.4 Å². The number of anilines is 2. The average molecular weight is 449 g/mol. The molecule has 0 unspecified atom stereocenters. The summed E-state index contributed by atoms with van der Waals surface area (Å²) in [6, 6.07) is 17.7. The molecular weight excluding hydrogens is 432 g/mol. The summed E-state index contributed by atoms with van der Waals surface area (Å²) >= 11 is 6.14. The third-order valence-corrected chi connectivity index (χ3v) is 5.02. The highest BCUT2D eigenvalue weighted by atomic mass is 35.5. The van der Waals surface area contributed by atoms with Crippen molar-refractivity contribution in [2.45, 2.75) is 6.92 Å². The zero-order valence-electron chi connectivity index (χ0n) is 16.8. The summed E-state index contributed by atoms with van der Waals surface area (Å²) in [4.78, 5) is 51.9. The molecule has 0 aliphatic rings. The van der Waals surface area contributed by atoms with E-state index in [2.05, 4.69) is 15.6 Å². The molecule has 3 N–H and O–H groups in total. The van der Waals surface area contributed by atoms with Crippen LogP contribution < -0.4 is 21.9 Å². The van der Waals surface area contributed by atoms with E-state index in [0.717, 1.165) is 4.57 Å². The van der Waals surface area contributed by atoms with Gasteiger partial charge < -0.3 is 15.6 Å². The number of nitrogens with zero attached hydrogens (tertiary/aromatic N) is 1. The first-order chi connectivity index (χ1) is 15.3. The van der Waals surface area contributed by atoms with Crippen molar-refractivity contribution < 1.29 is 9.59 Å². The predicted molar refractivity (Wildman–Crippen MR) is 124 cm³/mol. The summed E-state index contributed by atoms with van der Waals surface area (Å²) in [5, 5.41) is 5.82. The zero-order valence-corrected chi connectivity index (χ0v) is 17.6. The van der Waals surface area contributed by atoms with Crippen LogP contribution in [0.15, 0.2) is 76.3 Å². The summed E-state index contributed by atoms with van der Waals surface area (Å²) in [6.07, 6.45) is 0. The van der Waals surface area contributed by atoms with E-state index in [1.165, 1.54) is 31.2 Å². The van der Waals surface area contributed by atoms with Crippen molar-refractivity contribution in [2.75, 3.05) is 10.6 Å². The third-order valence-electron chi connectivity index (χ3n) is 4.71. The van der Waals surface area contributed by atoms with Crippen LogP contribution in [-0.4, -0.2) is 21.4 Å². The second kappa shape index (κ2) is 8.52. The summed E-state index contributed by atoms with van der Waals surface area (Å²) in [7, 11) is 0. The van der Waals surface area contributed by atoms with Crippen LogP contribution in [0, 0.1) is 0 Å². The van der Waals surface area contributed by atoms with Gasteiger partial charge in [0.2, 0.25) is 5.91 Å². The Bertz CT molecular complexity index is 1480. The lowest BCUT2D eigenvalue weighted by Crippen LogP contribution is -2.33. The lowest BCUT2D eigenvalue weighted by Gasteiger charge is -2.10. The largest absolute Gasteiger partial charge is 0.333 e. The number of hydrogen-bond acceptors (Lipinski definition) is 4. The van der Waals surface area contributed by atoms with E-state index < -0.39 is 17.2 Å². The van der Waals surface area contributed by atoms with E-state index in [4.69, 9.17) is 11.6 Å².